The second kappa shape index (κ2) is 11.3. The average molecular weight is 542 g/mol. The molecule has 0 aliphatic carbocycles. The van der Waals surface area contributed by atoms with Crippen LogP contribution in [0.4, 0.5) is 14.6 Å². The van der Waals surface area contributed by atoms with Crippen LogP contribution >= 0.6 is 0 Å². The summed E-state index contributed by atoms with van der Waals surface area (Å²) in [5.74, 6) is -3.71. The fourth-order valence-corrected chi connectivity index (χ4v) is 3.96. The van der Waals surface area contributed by atoms with Crippen molar-refractivity contribution in [3.8, 4) is 0 Å². The minimum Gasteiger partial charge on any atom is -0.394 e. The van der Waals surface area contributed by atoms with Gasteiger partial charge in [0.2, 0.25) is 6.23 Å². The number of anilines is 1. The number of aryl methyl sites for hydroxylation is 2. The highest BCUT2D eigenvalue weighted by Gasteiger charge is 2.59. The second-order valence-corrected chi connectivity index (χ2v) is 8.86. The molecule has 3 aromatic rings. The van der Waals surface area contributed by atoms with Crippen LogP contribution in [0.15, 0.2) is 33.0 Å². The molecule has 3 aromatic heterocycles. The first-order valence-electron chi connectivity index (χ1n) is 11.6. The molecule has 0 spiro atoms. The Balaban J connectivity index is 0.000000212. The van der Waals surface area contributed by atoms with Crippen LogP contribution in [0.1, 0.15) is 32.4 Å². The molecule has 1 fully saturated rings. The van der Waals surface area contributed by atoms with Gasteiger partial charge in [-0.15, -0.1) is 0 Å². The van der Waals surface area contributed by atoms with E-state index in [4.69, 9.17) is 15.6 Å². The Hall–Kier alpha value is -3.76. The van der Waals surface area contributed by atoms with Crippen molar-refractivity contribution >= 4 is 22.8 Å². The summed E-state index contributed by atoms with van der Waals surface area (Å²) in [6.07, 6.45) is -1.40. The van der Waals surface area contributed by atoms with E-state index >= 15 is 0 Å². The van der Waals surface area contributed by atoms with Crippen molar-refractivity contribution in [1.82, 2.24) is 28.2 Å². The number of fused-ring (bicyclic) bond motifs is 1. The quantitative estimate of drug-likeness (QED) is 0.310. The second-order valence-electron chi connectivity index (χ2n) is 8.86. The standard InChI is InChI=1S/C13H18N4O3.C9H11F2N3O4/c1-9(18)6-4-5-7-17-12(19)10-11(14-8-15(10)2)16(3)13(17)20;10-9(11)6(16)4(3-15)18-7(9)14-2-1-5(12)13-8(14)17/h8H,4-7H2,1-3H3;1-2,4,6-7,15-16H,3H2,(H2,12,13,17)/t;4-,6-,7-/m.1/s1. The van der Waals surface area contributed by atoms with Gasteiger partial charge in [-0.25, -0.2) is 14.6 Å². The number of halogens is 2. The number of ether oxygens (including phenoxy) is 1. The van der Waals surface area contributed by atoms with Gasteiger partial charge in [-0.05, 0) is 25.8 Å². The maximum Gasteiger partial charge on any atom is 0.351 e. The largest absolute Gasteiger partial charge is 0.394 e. The molecule has 4 rings (SSSR count). The smallest absolute Gasteiger partial charge is 0.351 e. The van der Waals surface area contributed by atoms with Crippen LogP contribution in [-0.4, -0.2) is 69.0 Å². The van der Waals surface area contributed by atoms with Crippen molar-refractivity contribution in [3.63, 3.8) is 0 Å². The molecule has 16 heteroatoms. The number of aliphatic hydroxyl groups is 2. The van der Waals surface area contributed by atoms with Crippen LogP contribution in [-0.2, 0) is 30.2 Å². The van der Waals surface area contributed by atoms with Crippen LogP contribution in [0, 0.1) is 0 Å². The molecule has 0 saturated carbocycles. The number of imidazole rings is 1. The number of rotatable bonds is 7. The van der Waals surface area contributed by atoms with E-state index in [9.17, 15) is 33.1 Å². The Morgan fingerprint density at radius 2 is 1.92 bits per heavy atom. The highest BCUT2D eigenvalue weighted by Crippen LogP contribution is 2.41. The predicted molar refractivity (Wildman–Crippen MR) is 130 cm³/mol. The van der Waals surface area contributed by atoms with E-state index in [2.05, 4.69) is 9.97 Å². The van der Waals surface area contributed by atoms with Crippen molar-refractivity contribution in [1.29, 1.82) is 0 Å². The summed E-state index contributed by atoms with van der Waals surface area (Å²) in [5.41, 5.74) is 4.32. The van der Waals surface area contributed by atoms with Crippen molar-refractivity contribution in [3.05, 3.63) is 49.9 Å². The number of nitrogens with zero attached hydrogens (tertiary/aromatic N) is 6. The zero-order valence-corrected chi connectivity index (χ0v) is 21.0. The third-order valence-electron chi connectivity index (χ3n) is 6.03. The third kappa shape index (κ3) is 5.56. The number of alkyl halides is 2. The van der Waals surface area contributed by atoms with Gasteiger partial charge >= 0.3 is 17.3 Å². The lowest BCUT2D eigenvalue weighted by atomic mass is 10.1. The minimum absolute atomic E-state index is 0.114. The Bertz CT molecular complexity index is 1490. The molecule has 0 radical (unpaired) electrons. The van der Waals surface area contributed by atoms with E-state index in [0.29, 0.717) is 41.5 Å². The van der Waals surface area contributed by atoms with E-state index < -0.39 is 36.7 Å². The van der Waals surface area contributed by atoms with Crippen LogP contribution in [0.3, 0.4) is 0 Å². The lowest BCUT2D eigenvalue weighted by Crippen LogP contribution is -2.41. The summed E-state index contributed by atoms with van der Waals surface area (Å²) in [5, 5.41) is 18.1. The summed E-state index contributed by atoms with van der Waals surface area (Å²) >= 11 is 0. The molecule has 1 aliphatic heterocycles. The molecule has 4 N–H and O–H groups in total. The maximum absolute atomic E-state index is 13.7. The normalized spacial score (nSPS) is 20.3. The molecule has 38 heavy (non-hydrogen) atoms. The predicted octanol–water partition coefficient (Wildman–Crippen LogP) is -1.10. The van der Waals surface area contributed by atoms with Crippen LogP contribution in [0.5, 0.6) is 0 Å². The van der Waals surface area contributed by atoms with E-state index in [1.165, 1.54) is 22.4 Å². The highest BCUT2D eigenvalue weighted by molar-refractivity contribution is 5.75. The Morgan fingerprint density at radius 3 is 2.50 bits per heavy atom. The summed E-state index contributed by atoms with van der Waals surface area (Å²) in [4.78, 5) is 54.2. The SMILES string of the molecule is CC(=O)CCCCn1c(=O)c2c(ncn2C)n(C)c1=O.Nc1ccn([C@@H]2O[C@H](CO)[C@@H](O)C2(F)F)c(=O)n1. The molecule has 1 aliphatic rings. The Labute approximate surface area is 213 Å². The van der Waals surface area contributed by atoms with Crippen LogP contribution in [0.25, 0.3) is 11.2 Å². The van der Waals surface area contributed by atoms with Crippen LogP contribution in [0.2, 0.25) is 0 Å². The summed E-state index contributed by atoms with van der Waals surface area (Å²) in [6.45, 7) is 1.07. The van der Waals surface area contributed by atoms with Gasteiger partial charge in [0, 0.05) is 33.3 Å². The minimum atomic E-state index is -3.71. The van der Waals surface area contributed by atoms with Gasteiger partial charge in [0.25, 0.3) is 5.56 Å². The Morgan fingerprint density at radius 1 is 1.24 bits per heavy atom. The van der Waals surface area contributed by atoms with Crippen molar-refractivity contribution in [2.45, 2.75) is 57.1 Å². The molecule has 4 heterocycles. The summed E-state index contributed by atoms with van der Waals surface area (Å²) in [6, 6.07) is 1.15. The lowest BCUT2D eigenvalue weighted by molar-refractivity contribution is -0.140. The van der Waals surface area contributed by atoms with Crippen molar-refractivity contribution in [2.75, 3.05) is 12.3 Å². The molecule has 208 valence electrons. The first-order valence-corrected chi connectivity index (χ1v) is 11.6. The summed E-state index contributed by atoms with van der Waals surface area (Å²) in [7, 11) is 3.32. The van der Waals surface area contributed by atoms with Gasteiger partial charge < -0.3 is 30.0 Å². The number of hydrogen-bond acceptors (Lipinski definition) is 10. The van der Waals surface area contributed by atoms with Crippen molar-refractivity contribution < 1.29 is 28.5 Å². The number of nitrogens with two attached hydrogens (primary N) is 1. The first kappa shape index (κ1) is 28.8. The average Bonchev–Trinajstić information content (AvgIpc) is 3.34. The highest BCUT2D eigenvalue weighted by atomic mass is 19.3. The van der Waals surface area contributed by atoms with E-state index in [1.807, 2.05) is 0 Å². The molecule has 0 unspecified atom stereocenters. The lowest BCUT2D eigenvalue weighted by Gasteiger charge is -2.20. The first-order chi connectivity index (χ1) is 17.8. The topological polar surface area (TPSA) is 189 Å². The molecule has 3 atom stereocenters. The monoisotopic (exact) mass is 541 g/mol. The number of Topliss-reactive ketones (excluding diaryl/α,β-unsaturated/α-hetero) is 1. The molecule has 14 nitrogen and oxygen atoms in total. The summed E-state index contributed by atoms with van der Waals surface area (Å²) < 4.78 is 36.9. The number of ketones is 1. The zero-order chi connectivity index (χ0) is 28.4. The number of unbranched alkanes of at least 4 members (excludes halogenated alkanes) is 1. The maximum atomic E-state index is 13.7. The third-order valence-corrected chi connectivity index (χ3v) is 6.03. The van der Waals surface area contributed by atoms with Crippen molar-refractivity contribution in [2.24, 2.45) is 14.1 Å². The van der Waals surface area contributed by atoms with E-state index in [0.717, 1.165) is 12.3 Å². The van der Waals surface area contributed by atoms with Gasteiger partial charge in [0.05, 0.1) is 12.9 Å². The number of nitrogen functional groups attached to an aromatic ring is 1. The molecular formula is C22H29F2N7O7. The number of carbonyl (C=O) groups is 1. The number of aliphatic hydroxyl groups excluding tert-OH is 2. The van der Waals surface area contributed by atoms with Gasteiger partial charge in [-0.1, -0.05) is 0 Å². The fraction of sp³-hybridized carbons (Fsp3) is 0.545. The number of carbonyl (C=O) groups excluding carboxylic acids is 1. The fourth-order valence-electron chi connectivity index (χ4n) is 3.96. The van der Waals surface area contributed by atoms with Crippen LogP contribution < -0.4 is 22.7 Å². The van der Waals surface area contributed by atoms with Gasteiger partial charge in [-0.2, -0.15) is 13.8 Å². The molecule has 1 saturated heterocycles. The molecule has 0 bridgehead atoms. The number of hydrogen-bond donors (Lipinski definition) is 3. The van der Waals surface area contributed by atoms with Gasteiger partial charge in [0.1, 0.15) is 17.7 Å². The molecule has 0 aromatic carbocycles. The van der Waals surface area contributed by atoms with Gasteiger partial charge in [0.15, 0.2) is 17.3 Å². The van der Waals surface area contributed by atoms with Gasteiger partial charge in [-0.3, -0.25) is 18.5 Å². The molecular weight excluding hydrogens is 512 g/mol. The van der Waals surface area contributed by atoms with E-state index in [1.54, 1.807) is 18.7 Å². The molecule has 0 amide bonds. The number of aromatic nitrogens is 6. The Kier molecular flexibility index (Phi) is 8.58. The zero-order valence-electron chi connectivity index (χ0n) is 21.0. The van der Waals surface area contributed by atoms with E-state index in [-0.39, 0.29) is 22.9 Å².